The monoisotopic (exact) mass is 240 g/mol. The van der Waals surface area contributed by atoms with E-state index in [-0.39, 0.29) is 0 Å². The van der Waals surface area contributed by atoms with E-state index in [1.54, 1.807) is 0 Å². The Morgan fingerprint density at radius 2 is 2.12 bits per heavy atom. The molecule has 1 aliphatic rings. The maximum absolute atomic E-state index is 11.4. The zero-order valence-corrected chi connectivity index (χ0v) is 10.6. The molecular weight excluding hydrogens is 224 g/mol. The predicted molar refractivity (Wildman–Crippen MR) is 64.3 cm³/mol. The van der Waals surface area contributed by atoms with Crippen LogP contribution in [0.1, 0.15) is 29.8 Å². The SMILES string of the molecule is Cc1nc(N(C)C)sc1C1(C(=O)O)CCC1. The van der Waals surface area contributed by atoms with Gasteiger partial charge in [0, 0.05) is 19.0 Å². The van der Waals surface area contributed by atoms with Crippen LogP contribution >= 0.6 is 11.3 Å². The van der Waals surface area contributed by atoms with Crippen molar-refractivity contribution in [3.8, 4) is 0 Å². The Balaban J connectivity index is 2.43. The van der Waals surface area contributed by atoms with Crippen molar-refractivity contribution in [2.75, 3.05) is 19.0 Å². The first kappa shape index (κ1) is 11.4. The first-order valence-electron chi connectivity index (χ1n) is 5.36. The van der Waals surface area contributed by atoms with E-state index in [0.717, 1.165) is 35.0 Å². The fraction of sp³-hybridized carbons (Fsp3) is 0.636. The van der Waals surface area contributed by atoms with Gasteiger partial charge < -0.3 is 10.0 Å². The second-order valence-electron chi connectivity index (χ2n) is 4.55. The molecule has 0 aliphatic heterocycles. The Morgan fingerprint density at radius 3 is 2.44 bits per heavy atom. The van der Waals surface area contributed by atoms with Gasteiger partial charge in [0.15, 0.2) is 5.13 Å². The van der Waals surface area contributed by atoms with Gasteiger partial charge in [-0.1, -0.05) is 6.42 Å². The van der Waals surface area contributed by atoms with Gasteiger partial charge in [-0.05, 0) is 19.8 Å². The Labute approximate surface area is 98.9 Å². The van der Waals surface area contributed by atoms with Crippen molar-refractivity contribution in [3.05, 3.63) is 10.6 Å². The van der Waals surface area contributed by atoms with E-state index in [0.29, 0.717) is 0 Å². The summed E-state index contributed by atoms with van der Waals surface area (Å²) in [6.07, 6.45) is 2.50. The van der Waals surface area contributed by atoms with Crippen molar-refractivity contribution in [1.82, 2.24) is 4.98 Å². The molecule has 0 bridgehead atoms. The summed E-state index contributed by atoms with van der Waals surface area (Å²) in [6, 6.07) is 0. The summed E-state index contributed by atoms with van der Waals surface area (Å²) >= 11 is 1.51. The van der Waals surface area contributed by atoms with Crippen LogP contribution in [-0.4, -0.2) is 30.2 Å². The van der Waals surface area contributed by atoms with Crippen LogP contribution < -0.4 is 4.90 Å². The molecule has 1 aromatic heterocycles. The Kier molecular flexibility index (Phi) is 2.66. The van der Waals surface area contributed by atoms with E-state index in [2.05, 4.69) is 4.98 Å². The fourth-order valence-corrected chi connectivity index (χ4v) is 3.31. The molecule has 0 atom stereocenters. The summed E-state index contributed by atoms with van der Waals surface area (Å²) in [4.78, 5) is 18.7. The van der Waals surface area contributed by atoms with E-state index in [4.69, 9.17) is 0 Å². The van der Waals surface area contributed by atoms with Crippen molar-refractivity contribution < 1.29 is 9.90 Å². The number of nitrogens with zero attached hydrogens (tertiary/aromatic N) is 2. The normalized spacial score (nSPS) is 17.9. The van der Waals surface area contributed by atoms with Crippen LogP contribution in [0.5, 0.6) is 0 Å². The molecule has 0 saturated heterocycles. The summed E-state index contributed by atoms with van der Waals surface area (Å²) in [5, 5.41) is 10.3. The number of hydrogen-bond acceptors (Lipinski definition) is 4. The second kappa shape index (κ2) is 3.73. The lowest BCUT2D eigenvalue weighted by molar-refractivity contribution is -0.147. The van der Waals surface area contributed by atoms with Crippen molar-refractivity contribution in [3.63, 3.8) is 0 Å². The molecule has 16 heavy (non-hydrogen) atoms. The van der Waals surface area contributed by atoms with Gasteiger partial charge in [0.2, 0.25) is 0 Å². The topological polar surface area (TPSA) is 53.4 Å². The molecule has 1 aromatic rings. The van der Waals surface area contributed by atoms with E-state index in [9.17, 15) is 9.90 Å². The Morgan fingerprint density at radius 1 is 1.50 bits per heavy atom. The highest BCUT2D eigenvalue weighted by atomic mass is 32.1. The molecule has 1 N–H and O–H groups in total. The highest BCUT2D eigenvalue weighted by molar-refractivity contribution is 7.16. The molecular formula is C11H16N2O2S. The average molecular weight is 240 g/mol. The minimum Gasteiger partial charge on any atom is -0.481 e. The molecule has 4 nitrogen and oxygen atoms in total. The smallest absolute Gasteiger partial charge is 0.315 e. The maximum atomic E-state index is 11.4. The van der Waals surface area contributed by atoms with Crippen LogP contribution in [0.15, 0.2) is 0 Å². The van der Waals surface area contributed by atoms with Gasteiger partial charge in [-0.25, -0.2) is 4.98 Å². The van der Waals surface area contributed by atoms with E-state index in [1.807, 2.05) is 25.9 Å². The van der Waals surface area contributed by atoms with Crippen LogP contribution in [0.25, 0.3) is 0 Å². The fourth-order valence-electron chi connectivity index (χ4n) is 2.09. The summed E-state index contributed by atoms with van der Waals surface area (Å²) < 4.78 is 0. The first-order chi connectivity index (χ1) is 7.47. The molecule has 1 saturated carbocycles. The number of aromatic nitrogens is 1. The van der Waals surface area contributed by atoms with Gasteiger partial charge >= 0.3 is 5.97 Å². The number of carbonyl (C=O) groups is 1. The molecule has 0 unspecified atom stereocenters. The van der Waals surface area contributed by atoms with Crippen LogP contribution in [0.3, 0.4) is 0 Å². The van der Waals surface area contributed by atoms with Crippen molar-refractivity contribution in [1.29, 1.82) is 0 Å². The molecule has 0 radical (unpaired) electrons. The number of hydrogen-bond donors (Lipinski definition) is 1. The van der Waals surface area contributed by atoms with Crippen molar-refractivity contribution in [2.24, 2.45) is 0 Å². The molecule has 88 valence electrons. The molecule has 2 rings (SSSR count). The van der Waals surface area contributed by atoms with Crippen LogP contribution in [0.4, 0.5) is 5.13 Å². The molecule has 0 amide bonds. The third kappa shape index (κ3) is 1.50. The number of aryl methyl sites for hydroxylation is 1. The van der Waals surface area contributed by atoms with E-state index < -0.39 is 11.4 Å². The van der Waals surface area contributed by atoms with Crippen LogP contribution in [0.2, 0.25) is 0 Å². The minimum atomic E-state index is -0.698. The number of carboxylic acid groups (broad SMARTS) is 1. The average Bonchev–Trinajstić information content (AvgIpc) is 2.46. The van der Waals surface area contributed by atoms with Gasteiger partial charge in [0.1, 0.15) is 5.41 Å². The number of aliphatic carboxylic acids is 1. The quantitative estimate of drug-likeness (QED) is 0.878. The van der Waals surface area contributed by atoms with Crippen molar-refractivity contribution in [2.45, 2.75) is 31.6 Å². The lowest BCUT2D eigenvalue weighted by Gasteiger charge is -2.36. The number of rotatable bonds is 3. The predicted octanol–water partition coefficient (Wildman–Crippen LogP) is 2.02. The molecule has 0 spiro atoms. The molecule has 1 heterocycles. The second-order valence-corrected chi connectivity index (χ2v) is 5.52. The molecule has 0 aromatic carbocycles. The number of thiazole rings is 1. The Hall–Kier alpha value is -1.10. The number of anilines is 1. The third-order valence-corrected chi connectivity index (χ3v) is 4.75. The van der Waals surface area contributed by atoms with Gasteiger partial charge in [-0.2, -0.15) is 0 Å². The van der Waals surface area contributed by atoms with Crippen molar-refractivity contribution >= 4 is 22.4 Å². The van der Waals surface area contributed by atoms with Gasteiger partial charge in [0.05, 0.1) is 5.69 Å². The summed E-state index contributed by atoms with van der Waals surface area (Å²) in [7, 11) is 3.85. The third-order valence-electron chi connectivity index (χ3n) is 3.22. The van der Waals surface area contributed by atoms with Gasteiger partial charge in [-0.15, -0.1) is 11.3 Å². The lowest BCUT2D eigenvalue weighted by Crippen LogP contribution is -2.42. The highest BCUT2D eigenvalue weighted by Crippen LogP contribution is 2.48. The van der Waals surface area contributed by atoms with Gasteiger partial charge in [0.25, 0.3) is 0 Å². The molecule has 1 aliphatic carbocycles. The van der Waals surface area contributed by atoms with E-state index >= 15 is 0 Å². The molecule has 1 fully saturated rings. The standard InChI is InChI=1S/C11H16N2O2S/c1-7-8(16-10(12-7)13(2)3)11(9(14)15)5-4-6-11/h4-6H2,1-3H3,(H,14,15). The van der Waals surface area contributed by atoms with Gasteiger partial charge in [-0.3, -0.25) is 4.79 Å². The van der Waals surface area contributed by atoms with Crippen LogP contribution in [0, 0.1) is 6.92 Å². The number of carboxylic acids is 1. The van der Waals surface area contributed by atoms with Crippen LogP contribution in [-0.2, 0) is 10.2 Å². The summed E-state index contributed by atoms with van der Waals surface area (Å²) in [5.41, 5.74) is 0.228. The zero-order valence-electron chi connectivity index (χ0n) is 9.78. The first-order valence-corrected chi connectivity index (χ1v) is 6.17. The maximum Gasteiger partial charge on any atom is 0.315 e. The highest BCUT2D eigenvalue weighted by Gasteiger charge is 2.48. The zero-order chi connectivity index (χ0) is 11.9. The van der Waals surface area contributed by atoms with E-state index in [1.165, 1.54) is 11.3 Å². The summed E-state index contributed by atoms with van der Waals surface area (Å²) in [6.45, 7) is 1.90. The Bertz CT molecular complexity index is 422. The molecule has 5 heteroatoms. The lowest BCUT2D eigenvalue weighted by atomic mass is 9.67. The summed E-state index contributed by atoms with van der Waals surface area (Å²) in [5.74, 6) is -0.698. The largest absolute Gasteiger partial charge is 0.481 e. The minimum absolute atomic E-state index is 0.643.